The van der Waals surface area contributed by atoms with Crippen molar-refractivity contribution in [2.75, 3.05) is 25.0 Å². The number of nitrogens with zero attached hydrogens (tertiary/aromatic N) is 3. The van der Waals surface area contributed by atoms with E-state index in [0.29, 0.717) is 17.5 Å². The van der Waals surface area contributed by atoms with Crippen molar-refractivity contribution in [3.8, 4) is 5.88 Å². The zero-order chi connectivity index (χ0) is 19.7. The number of carbonyl (C=O) groups is 1. The summed E-state index contributed by atoms with van der Waals surface area (Å²) in [5.41, 5.74) is 5.24. The summed E-state index contributed by atoms with van der Waals surface area (Å²) in [4.78, 5) is 23.1. The number of hydrogen-bond donors (Lipinski definition) is 1. The summed E-state index contributed by atoms with van der Waals surface area (Å²) in [6, 6.07) is 8.54. The van der Waals surface area contributed by atoms with Gasteiger partial charge in [-0.15, -0.1) is 0 Å². The summed E-state index contributed by atoms with van der Waals surface area (Å²) in [6.07, 6.45) is 3.56. The number of anilines is 1. The van der Waals surface area contributed by atoms with Gasteiger partial charge in [0, 0.05) is 24.0 Å². The highest BCUT2D eigenvalue weighted by molar-refractivity contribution is 5.94. The zero-order valence-electron chi connectivity index (χ0n) is 16.9. The Morgan fingerprint density at radius 2 is 2.04 bits per heavy atom. The number of pyridine rings is 2. The molecule has 0 spiro atoms. The Bertz CT molecular complexity index is 863. The molecule has 0 aliphatic carbocycles. The van der Waals surface area contributed by atoms with Crippen LogP contribution in [0.4, 0.5) is 5.69 Å². The SMILES string of the molecule is Cc1cc(CC2CCCN(C(C)c3ccc4c(n3)OCC(=O)N4)C2)cc(C)n1. The van der Waals surface area contributed by atoms with E-state index >= 15 is 0 Å². The van der Waals surface area contributed by atoms with Gasteiger partial charge in [-0.3, -0.25) is 14.7 Å². The van der Waals surface area contributed by atoms with Crippen molar-refractivity contribution in [2.24, 2.45) is 5.92 Å². The summed E-state index contributed by atoms with van der Waals surface area (Å²) in [5, 5.41) is 2.80. The smallest absolute Gasteiger partial charge is 0.262 e. The third-order valence-corrected chi connectivity index (χ3v) is 5.69. The van der Waals surface area contributed by atoms with Crippen LogP contribution in [0.5, 0.6) is 5.88 Å². The molecule has 4 heterocycles. The molecule has 0 aromatic carbocycles. The van der Waals surface area contributed by atoms with Crippen molar-refractivity contribution >= 4 is 11.6 Å². The second-order valence-electron chi connectivity index (χ2n) is 8.07. The van der Waals surface area contributed by atoms with Crippen LogP contribution in [0, 0.1) is 19.8 Å². The van der Waals surface area contributed by atoms with Crippen molar-refractivity contribution < 1.29 is 9.53 Å². The highest BCUT2D eigenvalue weighted by Gasteiger charge is 2.27. The molecule has 2 aliphatic rings. The summed E-state index contributed by atoms with van der Waals surface area (Å²) in [7, 11) is 0. The number of nitrogens with one attached hydrogen (secondary N) is 1. The Kier molecular flexibility index (Phi) is 5.31. The predicted molar refractivity (Wildman–Crippen MR) is 108 cm³/mol. The van der Waals surface area contributed by atoms with Crippen LogP contribution in [0.1, 0.15) is 48.5 Å². The van der Waals surface area contributed by atoms with Gasteiger partial charge in [0.15, 0.2) is 6.61 Å². The van der Waals surface area contributed by atoms with Crippen LogP contribution in [-0.2, 0) is 11.2 Å². The fraction of sp³-hybridized carbons (Fsp3) is 0.500. The molecule has 1 saturated heterocycles. The van der Waals surface area contributed by atoms with Crippen LogP contribution >= 0.6 is 0 Å². The molecule has 28 heavy (non-hydrogen) atoms. The molecule has 6 nitrogen and oxygen atoms in total. The lowest BCUT2D eigenvalue weighted by Gasteiger charge is -2.37. The van der Waals surface area contributed by atoms with Crippen LogP contribution < -0.4 is 10.1 Å². The van der Waals surface area contributed by atoms with E-state index in [1.54, 1.807) is 0 Å². The Morgan fingerprint density at radius 1 is 1.25 bits per heavy atom. The van der Waals surface area contributed by atoms with Gasteiger partial charge in [-0.05, 0) is 82.3 Å². The summed E-state index contributed by atoms with van der Waals surface area (Å²) >= 11 is 0. The molecule has 6 heteroatoms. The molecule has 2 atom stereocenters. The van der Waals surface area contributed by atoms with Crippen molar-refractivity contribution in [3.05, 3.63) is 46.9 Å². The predicted octanol–water partition coefficient (Wildman–Crippen LogP) is 3.44. The Hall–Kier alpha value is -2.47. The number of fused-ring (bicyclic) bond motifs is 1. The topological polar surface area (TPSA) is 67.4 Å². The number of ether oxygens (including phenoxy) is 1. The average Bonchev–Trinajstić information content (AvgIpc) is 2.66. The molecule has 2 aromatic heterocycles. The number of rotatable bonds is 4. The Balaban J connectivity index is 1.44. The molecule has 148 valence electrons. The van der Waals surface area contributed by atoms with Crippen LogP contribution in [0.3, 0.4) is 0 Å². The van der Waals surface area contributed by atoms with Crippen LogP contribution in [0.15, 0.2) is 24.3 Å². The first-order valence-corrected chi connectivity index (χ1v) is 10.1. The minimum Gasteiger partial charge on any atom is -0.466 e. The van der Waals surface area contributed by atoms with Crippen molar-refractivity contribution in [1.29, 1.82) is 0 Å². The lowest BCUT2D eigenvalue weighted by atomic mass is 9.90. The van der Waals surface area contributed by atoms with Crippen LogP contribution in [0.25, 0.3) is 0 Å². The van der Waals surface area contributed by atoms with E-state index in [-0.39, 0.29) is 18.6 Å². The van der Waals surface area contributed by atoms with E-state index in [9.17, 15) is 4.79 Å². The van der Waals surface area contributed by atoms with Gasteiger partial charge in [-0.1, -0.05) is 0 Å². The van der Waals surface area contributed by atoms with E-state index in [0.717, 1.165) is 36.6 Å². The van der Waals surface area contributed by atoms with Crippen molar-refractivity contribution in [1.82, 2.24) is 14.9 Å². The lowest BCUT2D eigenvalue weighted by molar-refractivity contribution is -0.118. The number of likely N-dealkylation sites (tertiary alicyclic amines) is 1. The van der Waals surface area contributed by atoms with E-state index in [1.165, 1.54) is 18.4 Å². The minimum absolute atomic E-state index is 0.0361. The molecular weight excluding hydrogens is 352 g/mol. The summed E-state index contributed by atoms with van der Waals surface area (Å²) in [6.45, 7) is 8.53. The quantitative estimate of drug-likeness (QED) is 0.880. The average molecular weight is 380 g/mol. The fourth-order valence-electron chi connectivity index (χ4n) is 4.39. The molecule has 0 saturated carbocycles. The van der Waals surface area contributed by atoms with Crippen molar-refractivity contribution in [2.45, 2.75) is 46.1 Å². The van der Waals surface area contributed by atoms with Crippen molar-refractivity contribution in [3.63, 3.8) is 0 Å². The molecule has 0 bridgehead atoms. The van der Waals surface area contributed by atoms with Gasteiger partial charge in [0.2, 0.25) is 5.88 Å². The molecule has 4 rings (SSSR count). The van der Waals surface area contributed by atoms with Gasteiger partial charge in [0.25, 0.3) is 5.91 Å². The maximum Gasteiger partial charge on any atom is 0.262 e. The number of aromatic nitrogens is 2. The first-order valence-electron chi connectivity index (χ1n) is 10.1. The third kappa shape index (κ3) is 4.17. The number of amides is 1. The molecule has 2 unspecified atom stereocenters. The molecule has 0 radical (unpaired) electrons. The third-order valence-electron chi connectivity index (χ3n) is 5.69. The Morgan fingerprint density at radius 3 is 2.82 bits per heavy atom. The first-order chi connectivity index (χ1) is 13.5. The van der Waals surface area contributed by atoms with Gasteiger partial charge in [0.1, 0.15) is 5.69 Å². The largest absolute Gasteiger partial charge is 0.466 e. The molecule has 1 N–H and O–H groups in total. The van der Waals surface area contributed by atoms with Crippen LogP contribution in [-0.4, -0.2) is 40.5 Å². The summed E-state index contributed by atoms with van der Waals surface area (Å²) in [5.74, 6) is 1.04. The highest BCUT2D eigenvalue weighted by atomic mass is 16.5. The monoisotopic (exact) mass is 380 g/mol. The highest BCUT2D eigenvalue weighted by Crippen LogP contribution is 2.31. The summed E-state index contributed by atoms with van der Waals surface area (Å²) < 4.78 is 5.49. The second kappa shape index (κ2) is 7.87. The van der Waals surface area contributed by atoms with E-state index in [2.05, 4.69) is 53.1 Å². The number of carbonyl (C=O) groups excluding carboxylic acids is 1. The zero-order valence-corrected chi connectivity index (χ0v) is 16.9. The molecule has 2 aliphatic heterocycles. The van der Waals surface area contributed by atoms with Gasteiger partial charge in [-0.25, -0.2) is 4.98 Å². The lowest BCUT2D eigenvalue weighted by Crippen LogP contribution is -2.38. The van der Waals surface area contributed by atoms with Crippen LogP contribution in [0.2, 0.25) is 0 Å². The van der Waals surface area contributed by atoms with E-state index < -0.39 is 0 Å². The first kappa shape index (κ1) is 18.9. The normalized spacial score (nSPS) is 20.8. The maximum absolute atomic E-state index is 11.4. The molecule has 1 amide bonds. The molecule has 2 aromatic rings. The maximum atomic E-state index is 11.4. The Labute approximate surface area is 166 Å². The standard InChI is InChI=1S/C22H28N4O2/c1-14-9-18(10-15(2)23-14)11-17-5-4-8-26(12-17)16(3)19-6-7-20-22(25-19)28-13-21(27)24-20/h6-7,9-10,16-17H,4-5,8,11-13H2,1-3H3,(H,24,27). The van der Waals surface area contributed by atoms with E-state index in [1.807, 2.05) is 12.1 Å². The molecular formula is C22H28N4O2. The van der Waals surface area contributed by atoms with Gasteiger partial charge >= 0.3 is 0 Å². The second-order valence-corrected chi connectivity index (χ2v) is 8.07. The number of piperidine rings is 1. The molecule has 1 fully saturated rings. The number of aryl methyl sites for hydroxylation is 2. The number of hydrogen-bond acceptors (Lipinski definition) is 5. The fourth-order valence-corrected chi connectivity index (χ4v) is 4.39. The van der Waals surface area contributed by atoms with E-state index in [4.69, 9.17) is 4.74 Å². The van der Waals surface area contributed by atoms with Gasteiger partial charge in [0.05, 0.1) is 5.69 Å². The van der Waals surface area contributed by atoms with Gasteiger partial charge < -0.3 is 10.1 Å². The van der Waals surface area contributed by atoms with Gasteiger partial charge in [-0.2, -0.15) is 0 Å². The minimum atomic E-state index is -0.129.